The van der Waals surface area contributed by atoms with Crippen LogP contribution in [-0.4, -0.2) is 41.8 Å². The molecule has 1 unspecified atom stereocenters. The van der Waals surface area contributed by atoms with Gasteiger partial charge in [-0.2, -0.15) is 0 Å². The molecule has 1 aromatic rings. The lowest BCUT2D eigenvalue weighted by molar-refractivity contribution is -0.132. The molecule has 1 atom stereocenters. The minimum absolute atomic E-state index is 0.00624. The zero-order valence-corrected chi connectivity index (χ0v) is 13.9. The zero-order chi connectivity index (χ0) is 16.4. The third-order valence-corrected chi connectivity index (χ3v) is 4.88. The lowest BCUT2D eigenvalue weighted by atomic mass is 9.88. The third-order valence-electron chi connectivity index (χ3n) is 4.88. The molecule has 4 heteroatoms. The first kappa shape index (κ1) is 15.8. The first-order valence-corrected chi connectivity index (χ1v) is 8.35. The van der Waals surface area contributed by atoms with Crippen molar-refractivity contribution in [1.82, 2.24) is 9.80 Å². The van der Waals surface area contributed by atoms with Crippen LogP contribution in [0.2, 0.25) is 0 Å². The Hall–Kier alpha value is -2.10. The van der Waals surface area contributed by atoms with Crippen molar-refractivity contribution in [3.8, 4) is 0 Å². The minimum atomic E-state index is 0.00624. The smallest absolute Gasteiger partial charge is 0.251 e. The number of hydrogen-bond acceptors (Lipinski definition) is 2. The van der Waals surface area contributed by atoms with Crippen LogP contribution in [-0.2, 0) is 16.1 Å². The van der Waals surface area contributed by atoms with E-state index in [2.05, 4.69) is 12.1 Å². The summed E-state index contributed by atoms with van der Waals surface area (Å²) >= 11 is 0. The van der Waals surface area contributed by atoms with E-state index in [1.54, 1.807) is 19.0 Å². The van der Waals surface area contributed by atoms with Crippen LogP contribution < -0.4 is 0 Å². The first-order valence-electron chi connectivity index (χ1n) is 8.35. The molecular weight excluding hydrogens is 288 g/mol. The second-order valence-corrected chi connectivity index (χ2v) is 6.65. The van der Waals surface area contributed by atoms with Gasteiger partial charge in [-0.1, -0.05) is 36.8 Å². The number of nitrogens with zero attached hydrogens (tertiary/aromatic N) is 2. The summed E-state index contributed by atoms with van der Waals surface area (Å²) < 4.78 is 0. The van der Waals surface area contributed by atoms with Gasteiger partial charge in [0, 0.05) is 26.2 Å². The molecule has 0 N–H and O–H groups in total. The third kappa shape index (κ3) is 3.16. The Balaban J connectivity index is 1.84. The zero-order valence-electron chi connectivity index (χ0n) is 13.9. The van der Waals surface area contributed by atoms with Gasteiger partial charge in [-0.15, -0.1) is 0 Å². The number of rotatable bonds is 4. The van der Waals surface area contributed by atoms with Crippen molar-refractivity contribution in [2.24, 2.45) is 0 Å². The van der Waals surface area contributed by atoms with Gasteiger partial charge in [-0.3, -0.25) is 9.59 Å². The van der Waals surface area contributed by atoms with Crippen molar-refractivity contribution in [3.05, 3.63) is 47.0 Å². The summed E-state index contributed by atoms with van der Waals surface area (Å²) in [5.74, 6) is 0.0673. The van der Waals surface area contributed by atoms with Crippen molar-refractivity contribution in [2.45, 2.75) is 44.7 Å². The van der Waals surface area contributed by atoms with E-state index >= 15 is 0 Å². The van der Waals surface area contributed by atoms with E-state index < -0.39 is 0 Å². The summed E-state index contributed by atoms with van der Waals surface area (Å²) in [4.78, 5) is 28.6. The fraction of sp³-hybridized carbons (Fsp3) is 0.474. The van der Waals surface area contributed by atoms with Gasteiger partial charge in [0.05, 0.1) is 12.5 Å². The Bertz CT molecular complexity index is 634. The summed E-state index contributed by atoms with van der Waals surface area (Å²) in [5.41, 5.74) is 3.11. The van der Waals surface area contributed by atoms with Crippen LogP contribution in [0.25, 0.3) is 0 Å². The number of fused-ring (bicyclic) bond motifs is 1. The summed E-state index contributed by atoms with van der Waals surface area (Å²) in [6.07, 6.45) is 4.49. The van der Waals surface area contributed by atoms with Gasteiger partial charge in [0.2, 0.25) is 5.91 Å². The highest BCUT2D eigenvalue weighted by molar-refractivity contribution is 6.02. The first-order chi connectivity index (χ1) is 11.1. The number of benzene rings is 1. The molecule has 1 aliphatic carbocycles. The van der Waals surface area contributed by atoms with E-state index in [4.69, 9.17) is 0 Å². The standard InChI is InChI=1S/C19H24N2O2/c1-20(2)18(22)12-16-15-10-6-7-11-17(15)21(19(16)23)13-14-8-4-3-5-9-14/h3-5,8-9,17H,6-7,10-13H2,1-2H3. The van der Waals surface area contributed by atoms with Crippen molar-refractivity contribution < 1.29 is 9.59 Å². The van der Waals surface area contributed by atoms with Crippen molar-refractivity contribution in [1.29, 1.82) is 0 Å². The predicted molar refractivity (Wildman–Crippen MR) is 89.6 cm³/mol. The average molecular weight is 312 g/mol. The number of hydrogen-bond donors (Lipinski definition) is 0. The Labute approximate surface area is 137 Å². The van der Waals surface area contributed by atoms with Crippen molar-refractivity contribution >= 4 is 11.8 Å². The monoisotopic (exact) mass is 312 g/mol. The van der Waals surface area contributed by atoms with E-state index in [0.717, 1.165) is 36.8 Å². The summed E-state index contributed by atoms with van der Waals surface area (Å²) in [5, 5.41) is 0. The van der Waals surface area contributed by atoms with Crippen molar-refractivity contribution in [2.75, 3.05) is 14.1 Å². The molecule has 2 aliphatic rings. The SMILES string of the molecule is CN(C)C(=O)CC1=C2CCCCC2N(Cc2ccccc2)C1=O. The van der Waals surface area contributed by atoms with Gasteiger partial charge >= 0.3 is 0 Å². The van der Waals surface area contributed by atoms with E-state index in [-0.39, 0.29) is 24.3 Å². The molecule has 122 valence electrons. The molecule has 1 heterocycles. The summed E-state index contributed by atoms with van der Waals surface area (Å²) in [7, 11) is 3.49. The maximum atomic E-state index is 12.9. The molecule has 2 amide bonds. The van der Waals surface area contributed by atoms with Gasteiger partial charge in [0.1, 0.15) is 0 Å². The quantitative estimate of drug-likeness (QED) is 0.858. The molecule has 4 nitrogen and oxygen atoms in total. The molecule has 0 aromatic heterocycles. The summed E-state index contributed by atoms with van der Waals surface area (Å²) in [6.45, 7) is 0.632. The maximum absolute atomic E-state index is 12.9. The van der Waals surface area contributed by atoms with Gasteiger partial charge in [-0.25, -0.2) is 0 Å². The number of amides is 2. The van der Waals surface area contributed by atoms with Crippen molar-refractivity contribution in [3.63, 3.8) is 0 Å². The number of carbonyl (C=O) groups is 2. The van der Waals surface area contributed by atoms with Crippen LogP contribution in [0, 0.1) is 0 Å². The van der Waals surface area contributed by atoms with Crippen LogP contribution in [0.1, 0.15) is 37.7 Å². The highest BCUT2D eigenvalue weighted by Crippen LogP contribution is 2.38. The number of carbonyl (C=O) groups excluding carboxylic acids is 2. The van der Waals surface area contributed by atoms with E-state index in [1.807, 2.05) is 23.1 Å². The molecule has 3 rings (SSSR count). The van der Waals surface area contributed by atoms with Crippen LogP contribution in [0.3, 0.4) is 0 Å². The van der Waals surface area contributed by atoms with Crippen LogP contribution in [0.15, 0.2) is 41.5 Å². The highest BCUT2D eigenvalue weighted by atomic mass is 16.2. The largest absolute Gasteiger partial charge is 0.349 e. The molecule has 23 heavy (non-hydrogen) atoms. The minimum Gasteiger partial charge on any atom is -0.349 e. The fourth-order valence-electron chi connectivity index (χ4n) is 3.60. The van der Waals surface area contributed by atoms with Crippen LogP contribution in [0.5, 0.6) is 0 Å². The maximum Gasteiger partial charge on any atom is 0.251 e. The Morgan fingerprint density at radius 2 is 1.96 bits per heavy atom. The van der Waals surface area contributed by atoms with Gasteiger partial charge in [-0.05, 0) is 30.4 Å². The second kappa shape index (κ2) is 6.57. The molecule has 1 aliphatic heterocycles. The molecule has 1 fully saturated rings. The van der Waals surface area contributed by atoms with E-state index in [0.29, 0.717) is 6.54 Å². The second-order valence-electron chi connectivity index (χ2n) is 6.65. The van der Waals surface area contributed by atoms with Crippen LogP contribution >= 0.6 is 0 Å². The van der Waals surface area contributed by atoms with Gasteiger partial charge in [0.15, 0.2) is 0 Å². The molecule has 1 saturated carbocycles. The van der Waals surface area contributed by atoms with Crippen LogP contribution in [0.4, 0.5) is 0 Å². The lowest BCUT2D eigenvalue weighted by Gasteiger charge is -2.30. The van der Waals surface area contributed by atoms with E-state index in [1.165, 1.54) is 5.57 Å². The topological polar surface area (TPSA) is 40.6 Å². The molecule has 0 radical (unpaired) electrons. The average Bonchev–Trinajstić information content (AvgIpc) is 2.82. The predicted octanol–water partition coefficient (Wildman–Crippen LogP) is 2.75. The summed E-state index contributed by atoms with van der Waals surface area (Å²) in [6, 6.07) is 10.3. The molecule has 0 bridgehead atoms. The van der Waals surface area contributed by atoms with E-state index in [9.17, 15) is 9.59 Å². The Kier molecular flexibility index (Phi) is 4.51. The molecule has 0 spiro atoms. The lowest BCUT2D eigenvalue weighted by Crippen LogP contribution is -2.36. The molecule has 0 saturated heterocycles. The Morgan fingerprint density at radius 1 is 1.22 bits per heavy atom. The normalized spacial score (nSPS) is 20.7. The highest BCUT2D eigenvalue weighted by Gasteiger charge is 2.40. The van der Waals surface area contributed by atoms with Gasteiger partial charge in [0.25, 0.3) is 5.91 Å². The van der Waals surface area contributed by atoms with Gasteiger partial charge < -0.3 is 9.80 Å². The fourth-order valence-corrected chi connectivity index (χ4v) is 3.60. The Morgan fingerprint density at radius 3 is 2.65 bits per heavy atom. The molecular formula is C19H24N2O2. The molecule has 1 aromatic carbocycles.